The van der Waals surface area contributed by atoms with E-state index in [1.165, 1.54) is 77.0 Å². The van der Waals surface area contributed by atoms with Crippen LogP contribution in [-0.2, 0) is 17.7 Å². The third-order valence-corrected chi connectivity index (χ3v) is 15.7. The van der Waals surface area contributed by atoms with Gasteiger partial charge in [0.15, 0.2) is 0 Å². The Morgan fingerprint density at radius 3 is 1.62 bits per heavy atom. The molecule has 2 aliphatic carbocycles. The molecule has 3 aliphatic rings. The standard InChI is InChI=1S/C13H29NO2Si.C12H24O2Si/c1-7-13(12(2,3)4)10-8-9-11-14(13)17(15-5)16-6;1-13-15(14-2,11-7-3-4-8-11)12-9-5-6-10-12/h17H,7-11H2,1-6H3;11-12H,3-10H2,1-2H3. The fourth-order valence-corrected chi connectivity index (χ4v) is 14.0. The molecule has 1 aliphatic heterocycles. The van der Waals surface area contributed by atoms with Gasteiger partial charge in [-0.1, -0.05) is 59.8 Å². The van der Waals surface area contributed by atoms with Crippen LogP contribution in [0.5, 0.6) is 0 Å². The Morgan fingerprint density at radius 1 is 0.812 bits per heavy atom. The van der Waals surface area contributed by atoms with Crippen LogP contribution in [0.2, 0.25) is 11.1 Å². The largest absolute Gasteiger partial charge is 0.410 e. The van der Waals surface area contributed by atoms with Gasteiger partial charge in [-0.15, -0.1) is 0 Å². The minimum atomic E-state index is -1.88. The minimum absolute atomic E-state index is 0.244. The second kappa shape index (κ2) is 12.8. The van der Waals surface area contributed by atoms with Crippen molar-refractivity contribution in [3.05, 3.63) is 0 Å². The average Bonchev–Trinajstić information content (AvgIpc) is 3.52. The Hall–Kier alpha value is 0.234. The van der Waals surface area contributed by atoms with Crippen LogP contribution in [-0.4, -0.2) is 63.1 Å². The lowest BCUT2D eigenvalue weighted by molar-refractivity contribution is -0.0153. The summed E-state index contributed by atoms with van der Waals surface area (Å²) in [5.41, 5.74) is 2.06. The summed E-state index contributed by atoms with van der Waals surface area (Å²) in [5.74, 6) is 0. The molecule has 0 radical (unpaired) electrons. The third-order valence-electron chi connectivity index (χ3n) is 8.91. The van der Waals surface area contributed by atoms with Gasteiger partial charge in [0, 0.05) is 45.1 Å². The van der Waals surface area contributed by atoms with Gasteiger partial charge in [-0.3, -0.25) is 4.57 Å². The van der Waals surface area contributed by atoms with Crippen LogP contribution in [0.15, 0.2) is 0 Å². The molecule has 2 saturated carbocycles. The highest BCUT2D eigenvalue weighted by atomic mass is 28.4. The van der Waals surface area contributed by atoms with Crippen LogP contribution in [0.25, 0.3) is 0 Å². The third kappa shape index (κ3) is 5.89. The molecule has 0 aromatic heterocycles. The van der Waals surface area contributed by atoms with Gasteiger partial charge in [0.05, 0.1) is 0 Å². The molecule has 5 nitrogen and oxygen atoms in total. The number of nitrogens with zero attached hydrogens (tertiary/aromatic N) is 1. The Bertz CT molecular complexity index is 507. The van der Waals surface area contributed by atoms with Crippen molar-refractivity contribution >= 4 is 18.0 Å². The molecule has 32 heavy (non-hydrogen) atoms. The summed E-state index contributed by atoms with van der Waals surface area (Å²) >= 11 is 0. The Balaban J connectivity index is 0.000000228. The predicted molar refractivity (Wildman–Crippen MR) is 138 cm³/mol. The Kier molecular flexibility index (Phi) is 11.4. The molecule has 3 fully saturated rings. The van der Waals surface area contributed by atoms with E-state index in [9.17, 15) is 0 Å². The van der Waals surface area contributed by atoms with Crippen LogP contribution < -0.4 is 0 Å². The number of rotatable bonds is 8. The van der Waals surface area contributed by atoms with Crippen molar-refractivity contribution in [3.8, 4) is 0 Å². The van der Waals surface area contributed by atoms with E-state index in [4.69, 9.17) is 17.7 Å². The molecule has 1 heterocycles. The smallest absolute Gasteiger partial charge is 0.397 e. The molecule has 1 unspecified atom stereocenters. The molecule has 0 aromatic carbocycles. The zero-order valence-corrected chi connectivity index (χ0v) is 24.7. The quantitative estimate of drug-likeness (QED) is 0.376. The lowest BCUT2D eigenvalue weighted by atomic mass is 9.67. The SMILES string of the molecule is CCC1(C(C)(C)C)CCCCN1[SiH](OC)OC.CO[Si](OC)(C1CCCC1)C1CCCC1. The first-order valence-corrected chi connectivity index (χ1v) is 16.6. The first-order chi connectivity index (χ1) is 15.3. The van der Waals surface area contributed by atoms with E-state index < -0.39 is 18.0 Å². The highest BCUT2D eigenvalue weighted by molar-refractivity contribution is 6.70. The summed E-state index contributed by atoms with van der Waals surface area (Å²) in [4.78, 5) is 0. The molecular weight excluding hydrogens is 434 g/mol. The summed E-state index contributed by atoms with van der Waals surface area (Å²) in [6, 6.07) is 0. The lowest BCUT2D eigenvalue weighted by Crippen LogP contribution is -2.65. The second-order valence-electron chi connectivity index (χ2n) is 11.2. The molecule has 0 N–H and O–H groups in total. The van der Waals surface area contributed by atoms with Gasteiger partial charge in [0.1, 0.15) is 0 Å². The topological polar surface area (TPSA) is 40.2 Å². The highest BCUT2D eigenvalue weighted by Gasteiger charge is 2.52. The van der Waals surface area contributed by atoms with Crippen molar-refractivity contribution in [1.29, 1.82) is 0 Å². The molecule has 0 aromatic rings. The zero-order valence-electron chi connectivity index (χ0n) is 22.5. The summed E-state index contributed by atoms with van der Waals surface area (Å²) in [6.45, 7) is 10.5. The molecular formula is C25H53NO4Si2. The van der Waals surface area contributed by atoms with Crippen molar-refractivity contribution in [1.82, 2.24) is 4.57 Å². The lowest BCUT2D eigenvalue weighted by Gasteiger charge is -2.56. The summed E-state index contributed by atoms with van der Waals surface area (Å²) in [7, 11) is 3.81. The summed E-state index contributed by atoms with van der Waals surface area (Å²) in [6.07, 6.45) is 16.0. The van der Waals surface area contributed by atoms with Gasteiger partial charge in [0.25, 0.3) is 0 Å². The van der Waals surface area contributed by atoms with Crippen molar-refractivity contribution in [3.63, 3.8) is 0 Å². The van der Waals surface area contributed by atoms with Crippen molar-refractivity contribution in [2.24, 2.45) is 5.41 Å². The molecule has 1 saturated heterocycles. The van der Waals surface area contributed by atoms with Gasteiger partial charge in [-0.05, 0) is 56.9 Å². The van der Waals surface area contributed by atoms with Crippen LogP contribution in [0, 0.1) is 5.41 Å². The van der Waals surface area contributed by atoms with Crippen LogP contribution in [0.3, 0.4) is 0 Å². The maximum absolute atomic E-state index is 5.97. The fourth-order valence-electron chi connectivity index (χ4n) is 7.17. The first-order valence-electron chi connectivity index (χ1n) is 13.2. The van der Waals surface area contributed by atoms with E-state index in [1.807, 2.05) is 14.2 Å². The van der Waals surface area contributed by atoms with E-state index in [1.54, 1.807) is 14.2 Å². The fraction of sp³-hybridized carbons (Fsp3) is 1.00. The van der Waals surface area contributed by atoms with Gasteiger partial charge in [-0.2, -0.15) is 0 Å². The van der Waals surface area contributed by atoms with Crippen molar-refractivity contribution < 1.29 is 17.7 Å². The molecule has 7 heteroatoms. The number of hydrogen-bond donors (Lipinski definition) is 0. The average molecular weight is 488 g/mol. The van der Waals surface area contributed by atoms with E-state index >= 15 is 0 Å². The zero-order chi connectivity index (χ0) is 23.8. The van der Waals surface area contributed by atoms with Crippen LogP contribution in [0.1, 0.15) is 105 Å². The molecule has 0 amide bonds. The summed E-state index contributed by atoms with van der Waals surface area (Å²) < 4.78 is 25.8. The predicted octanol–water partition coefficient (Wildman–Crippen LogP) is 6.29. The van der Waals surface area contributed by atoms with E-state index in [-0.39, 0.29) is 11.0 Å². The molecule has 190 valence electrons. The Morgan fingerprint density at radius 2 is 1.28 bits per heavy atom. The number of hydrogen-bond acceptors (Lipinski definition) is 5. The van der Waals surface area contributed by atoms with Crippen molar-refractivity contribution in [2.75, 3.05) is 35.0 Å². The van der Waals surface area contributed by atoms with E-state index in [0.29, 0.717) is 0 Å². The van der Waals surface area contributed by atoms with Gasteiger partial charge in [-0.25, -0.2) is 0 Å². The molecule has 3 rings (SSSR count). The van der Waals surface area contributed by atoms with Gasteiger partial charge in [0.2, 0.25) is 0 Å². The van der Waals surface area contributed by atoms with Crippen LogP contribution >= 0.6 is 0 Å². The van der Waals surface area contributed by atoms with E-state index in [0.717, 1.165) is 17.6 Å². The minimum Gasteiger partial charge on any atom is -0.397 e. The molecule has 0 spiro atoms. The second-order valence-corrected chi connectivity index (χ2v) is 17.2. The highest BCUT2D eigenvalue weighted by Crippen LogP contribution is 2.50. The van der Waals surface area contributed by atoms with Crippen LogP contribution in [0.4, 0.5) is 0 Å². The first kappa shape index (κ1) is 28.5. The van der Waals surface area contributed by atoms with Crippen molar-refractivity contribution in [2.45, 2.75) is 121 Å². The molecule has 0 bridgehead atoms. The Labute approximate surface area is 202 Å². The maximum atomic E-state index is 5.97. The normalized spacial score (nSPS) is 26.5. The van der Waals surface area contributed by atoms with Gasteiger partial charge < -0.3 is 17.7 Å². The number of piperidine rings is 1. The van der Waals surface area contributed by atoms with Gasteiger partial charge >= 0.3 is 18.0 Å². The monoisotopic (exact) mass is 487 g/mol. The summed E-state index contributed by atoms with van der Waals surface area (Å²) in [5, 5.41) is 0. The molecule has 1 atom stereocenters. The maximum Gasteiger partial charge on any atom is 0.410 e. The van der Waals surface area contributed by atoms with E-state index in [2.05, 4.69) is 32.3 Å².